The zero-order valence-corrected chi connectivity index (χ0v) is 21.1. The Kier molecular flexibility index (Phi) is 7.16. The Morgan fingerprint density at radius 1 is 1.12 bits per heavy atom. The smallest absolute Gasteiger partial charge is 0.298 e. The summed E-state index contributed by atoms with van der Waals surface area (Å²) in [5.74, 6) is 1.72. The van der Waals surface area contributed by atoms with Gasteiger partial charge in [0.1, 0.15) is 22.9 Å². The van der Waals surface area contributed by atoms with Crippen molar-refractivity contribution in [2.45, 2.75) is 39.8 Å². The second kappa shape index (κ2) is 9.51. The molecular weight excluding hydrogens is 495 g/mol. The normalized spacial score (nSPS) is 13.3. The van der Waals surface area contributed by atoms with E-state index in [4.69, 9.17) is 18.4 Å². The molecule has 0 aliphatic carbocycles. The van der Waals surface area contributed by atoms with Gasteiger partial charge in [0.25, 0.3) is 5.69 Å². The second-order valence-corrected chi connectivity index (χ2v) is 12.4. The number of benzene rings is 2. The molecule has 0 saturated heterocycles. The average Bonchev–Trinajstić information content (AvgIpc) is 3.14. The van der Waals surface area contributed by atoms with E-state index in [1.165, 1.54) is 6.07 Å². The molecule has 0 aliphatic rings. The lowest BCUT2D eigenvalue weighted by Gasteiger charge is -2.35. The summed E-state index contributed by atoms with van der Waals surface area (Å²) in [4.78, 5) is 11.4. The van der Waals surface area contributed by atoms with Crippen LogP contribution in [0, 0.1) is 17.0 Å². The van der Waals surface area contributed by atoms with Crippen LogP contribution in [0.5, 0.6) is 11.5 Å². The van der Waals surface area contributed by atoms with Crippen molar-refractivity contribution in [1.29, 1.82) is 0 Å². The van der Waals surface area contributed by atoms with E-state index in [0.717, 1.165) is 4.47 Å². The Bertz CT molecular complexity index is 1180. The zero-order chi connectivity index (χ0) is 23.5. The summed E-state index contributed by atoms with van der Waals surface area (Å²) in [5.41, 5.74) is 0.627. The van der Waals surface area contributed by atoms with Crippen molar-refractivity contribution in [2.75, 3.05) is 6.61 Å². The summed E-state index contributed by atoms with van der Waals surface area (Å²) in [5, 5.41) is 11.4. The van der Waals surface area contributed by atoms with E-state index in [2.05, 4.69) is 15.9 Å². The van der Waals surface area contributed by atoms with Gasteiger partial charge in [-0.1, -0.05) is 42.8 Å². The molecule has 0 saturated carbocycles. The van der Waals surface area contributed by atoms with Gasteiger partial charge in [-0.05, 0) is 56.3 Å². The summed E-state index contributed by atoms with van der Waals surface area (Å²) in [7, 11) is -2.98. The molecule has 7 nitrogen and oxygen atoms in total. The number of hydrogen-bond acceptors (Lipinski definition) is 6. The quantitative estimate of drug-likeness (QED) is 0.181. The summed E-state index contributed by atoms with van der Waals surface area (Å²) in [6, 6.07) is 15.8. The van der Waals surface area contributed by atoms with E-state index >= 15 is 0 Å². The van der Waals surface area contributed by atoms with Gasteiger partial charge in [0.15, 0.2) is 5.50 Å². The summed E-state index contributed by atoms with van der Waals surface area (Å²) in [6.07, 6.45) is 0. The highest BCUT2D eigenvalue weighted by Gasteiger charge is 2.42. The molecule has 3 rings (SSSR count). The molecule has 9 heteroatoms. The van der Waals surface area contributed by atoms with Crippen molar-refractivity contribution < 1.29 is 18.6 Å². The average molecular weight is 521 g/mol. The van der Waals surface area contributed by atoms with Gasteiger partial charge >= 0.3 is 0 Å². The number of rotatable bonds is 7. The van der Waals surface area contributed by atoms with Gasteiger partial charge in [0.2, 0.25) is 7.28 Å². The molecule has 3 aromatic rings. The standard InChI is InChI=1S/C23H26BrN2O5P/c1-6-29-18-11-12-20(21(15-18)26(27)28)25-32(23(3,4)5,22-13-10-16(2)30-22)31-19-9-7-8-17(24)14-19/h7-15H,6H2,1-5H3/t32-/m1/s1. The molecule has 170 valence electrons. The summed E-state index contributed by atoms with van der Waals surface area (Å²) in [6.45, 7) is 10.1. The second-order valence-electron chi connectivity index (χ2n) is 8.12. The van der Waals surface area contributed by atoms with Gasteiger partial charge in [0.05, 0.1) is 17.6 Å². The monoisotopic (exact) mass is 520 g/mol. The number of furan rings is 1. The van der Waals surface area contributed by atoms with Crippen LogP contribution in [0.3, 0.4) is 0 Å². The molecule has 0 N–H and O–H groups in total. The molecular formula is C23H26BrN2O5P. The van der Waals surface area contributed by atoms with Gasteiger partial charge in [-0.25, -0.2) is 4.74 Å². The van der Waals surface area contributed by atoms with Crippen molar-refractivity contribution in [3.05, 3.63) is 74.9 Å². The molecule has 1 heterocycles. The lowest BCUT2D eigenvalue weighted by atomic mass is 10.2. The number of nitro benzene ring substituents is 1. The maximum absolute atomic E-state index is 11.9. The number of ether oxygens (including phenoxy) is 1. The first-order chi connectivity index (χ1) is 15.1. The van der Waals surface area contributed by atoms with E-state index < -0.39 is 17.4 Å². The zero-order valence-electron chi connectivity index (χ0n) is 18.7. The van der Waals surface area contributed by atoms with Gasteiger partial charge in [-0.15, -0.1) is 0 Å². The molecule has 0 amide bonds. The van der Waals surface area contributed by atoms with Crippen LogP contribution in [-0.2, 0) is 0 Å². The minimum Gasteiger partial charge on any atom is -0.494 e. The van der Waals surface area contributed by atoms with Crippen molar-refractivity contribution in [3.63, 3.8) is 0 Å². The van der Waals surface area contributed by atoms with Crippen LogP contribution < -0.4 is 14.8 Å². The summed E-state index contributed by atoms with van der Waals surface area (Å²) < 4.78 is 23.9. The molecule has 0 radical (unpaired) electrons. The van der Waals surface area contributed by atoms with E-state index in [1.54, 1.807) is 12.1 Å². The van der Waals surface area contributed by atoms with Crippen LogP contribution in [0.15, 0.2) is 68.2 Å². The SMILES string of the molecule is CCOc1ccc(N=[P@@](Oc2cccc(Br)c2)(c2ccc(C)o2)C(C)(C)C)c([N+](=O)[O-])c1. The third-order valence-corrected chi connectivity index (χ3v) is 8.79. The minimum absolute atomic E-state index is 0.148. The first-order valence-corrected chi connectivity index (χ1v) is 12.6. The first-order valence-electron chi connectivity index (χ1n) is 10.1. The Morgan fingerprint density at radius 3 is 2.44 bits per heavy atom. The van der Waals surface area contributed by atoms with Gasteiger partial charge in [0, 0.05) is 9.63 Å². The van der Waals surface area contributed by atoms with Crippen LogP contribution in [0.1, 0.15) is 33.5 Å². The fourth-order valence-electron chi connectivity index (χ4n) is 3.14. The van der Waals surface area contributed by atoms with E-state index in [-0.39, 0.29) is 11.4 Å². The Morgan fingerprint density at radius 2 is 1.88 bits per heavy atom. The van der Waals surface area contributed by atoms with Crippen LogP contribution in [0.25, 0.3) is 0 Å². The predicted molar refractivity (Wildman–Crippen MR) is 131 cm³/mol. The highest BCUT2D eigenvalue weighted by molar-refractivity contribution is 9.10. The van der Waals surface area contributed by atoms with Crippen molar-refractivity contribution >= 4 is 40.1 Å². The summed E-state index contributed by atoms with van der Waals surface area (Å²) >= 11 is 3.48. The number of aryl methyl sites for hydroxylation is 1. The van der Waals surface area contributed by atoms with E-state index in [9.17, 15) is 10.1 Å². The maximum Gasteiger partial charge on any atom is 0.298 e. The number of halogens is 1. The van der Waals surface area contributed by atoms with Crippen LogP contribution in [-0.4, -0.2) is 16.7 Å². The third-order valence-electron chi connectivity index (χ3n) is 4.67. The molecule has 2 aromatic carbocycles. The maximum atomic E-state index is 11.9. The van der Waals surface area contributed by atoms with Gasteiger partial charge in [-0.2, -0.15) is 0 Å². The van der Waals surface area contributed by atoms with Crippen LogP contribution in [0.4, 0.5) is 11.4 Å². The molecule has 1 aromatic heterocycles. The molecule has 1 atom stereocenters. The number of nitrogens with zero attached hydrogens (tertiary/aromatic N) is 2. The molecule has 0 bridgehead atoms. The largest absolute Gasteiger partial charge is 0.494 e. The van der Waals surface area contributed by atoms with Gasteiger partial charge < -0.3 is 13.7 Å². The Balaban J connectivity index is 2.33. The topological polar surface area (TPSA) is 87.1 Å². The van der Waals surface area contributed by atoms with E-state index in [0.29, 0.717) is 29.4 Å². The van der Waals surface area contributed by atoms with Crippen LogP contribution in [0.2, 0.25) is 0 Å². The van der Waals surface area contributed by atoms with Crippen molar-refractivity contribution in [3.8, 4) is 11.5 Å². The molecule has 0 unspecified atom stereocenters. The van der Waals surface area contributed by atoms with E-state index in [1.807, 2.05) is 71.0 Å². The fourth-order valence-corrected chi connectivity index (χ4v) is 6.41. The molecule has 0 spiro atoms. The molecule has 0 aliphatic heterocycles. The Labute approximate surface area is 196 Å². The number of hydrogen-bond donors (Lipinski definition) is 0. The lowest BCUT2D eigenvalue weighted by molar-refractivity contribution is -0.384. The highest BCUT2D eigenvalue weighted by atomic mass is 79.9. The molecule has 32 heavy (non-hydrogen) atoms. The van der Waals surface area contributed by atoms with Crippen molar-refractivity contribution in [2.24, 2.45) is 4.74 Å². The fraction of sp³-hybridized carbons (Fsp3) is 0.304. The number of nitro groups is 1. The Hall–Kier alpha value is -2.57. The van der Waals surface area contributed by atoms with Gasteiger partial charge in [-0.3, -0.25) is 10.1 Å². The molecule has 0 fully saturated rings. The first kappa shape index (κ1) is 24.1. The third kappa shape index (κ3) is 5.08. The minimum atomic E-state index is -2.98. The lowest BCUT2D eigenvalue weighted by Crippen LogP contribution is -2.26. The van der Waals surface area contributed by atoms with Crippen molar-refractivity contribution in [1.82, 2.24) is 0 Å². The van der Waals surface area contributed by atoms with Crippen LogP contribution >= 0.6 is 23.2 Å². The highest BCUT2D eigenvalue weighted by Crippen LogP contribution is 2.63. The predicted octanol–water partition coefficient (Wildman–Crippen LogP) is 7.61.